The monoisotopic (exact) mass is 295 g/mol. The summed E-state index contributed by atoms with van der Waals surface area (Å²) in [4.78, 5) is 11.8. The molecule has 0 aliphatic heterocycles. The van der Waals surface area contributed by atoms with Crippen LogP contribution < -0.4 is 16.4 Å². The van der Waals surface area contributed by atoms with Crippen LogP contribution >= 0.6 is 23.2 Å². The van der Waals surface area contributed by atoms with Crippen molar-refractivity contribution in [2.45, 2.75) is 0 Å². The van der Waals surface area contributed by atoms with Crippen LogP contribution in [-0.4, -0.2) is 6.03 Å². The van der Waals surface area contributed by atoms with E-state index >= 15 is 0 Å². The number of hydrogen-bond acceptors (Lipinski definition) is 2. The van der Waals surface area contributed by atoms with Gasteiger partial charge in [0.15, 0.2) is 0 Å². The second kappa shape index (κ2) is 5.82. The molecule has 0 saturated heterocycles. The van der Waals surface area contributed by atoms with Crippen molar-refractivity contribution in [1.29, 1.82) is 0 Å². The zero-order valence-electron chi connectivity index (χ0n) is 9.78. The van der Waals surface area contributed by atoms with Crippen molar-refractivity contribution >= 4 is 46.3 Å². The summed E-state index contributed by atoms with van der Waals surface area (Å²) in [6.45, 7) is 0. The van der Waals surface area contributed by atoms with E-state index in [1.165, 1.54) is 0 Å². The number of rotatable bonds is 2. The molecule has 19 heavy (non-hydrogen) atoms. The quantitative estimate of drug-likeness (QED) is 0.726. The first-order chi connectivity index (χ1) is 9.04. The predicted molar refractivity (Wildman–Crippen MR) is 80.0 cm³/mol. The van der Waals surface area contributed by atoms with Gasteiger partial charge < -0.3 is 16.4 Å². The maximum Gasteiger partial charge on any atom is 0.323 e. The van der Waals surface area contributed by atoms with Crippen molar-refractivity contribution in [2.24, 2.45) is 0 Å². The number of hydrogen-bond donors (Lipinski definition) is 3. The normalized spacial score (nSPS) is 10.0. The number of nitrogens with one attached hydrogen (secondary N) is 2. The Balaban J connectivity index is 2.03. The van der Waals surface area contributed by atoms with Crippen LogP contribution in [0.3, 0.4) is 0 Å². The smallest absolute Gasteiger partial charge is 0.323 e. The molecular formula is C13H11Cl2N3O. The van der Waals surface area contributed by atoms with Crippen molar-refractivity contribution in [3.05, 3.63) is 52.5 Å². The van der Waals surface area contributed by atoms with Gasteiger partial charge in [-0.2, -0.15) is 0 Å². The van der Waals surface area contributed by atoms with Gasteiger partial charge in [-0.1, -0.05) is 23.2 Å². The summed E-state index contributed by atoms with van der Waals surface area (Å²) in [6, 6.07) is 11.3. The zero-order valence-corrected chi connectivity index (χ0v) is 11.3. The number of nitrogens with two attached hydrogens (primary N) is 1. The molecule has 2 amide bonds. The fourth-order valence-electron chi connectivity index (χ4n) is 1.44. The van der Waals surface area contributed by atoms with Gasteiger partial charge >= 0.3 is 6.03 Å². The topological polar surface area (TPSA) is 67.1 Å². The van der Waals surface area contributed by atoms with Crippen molar-refractivity contribution in [3.8, 4) is 0 Å². The number of anilines is 3. The average molecular weight is 296 g/mol. The predicted octanol–water partition coefficient (Wildman–Crippen LogP) is 4.22. The standard InChI is InChI=1S/C13H11Cl2N3O/c14-8-1-6-12(11(15)7-8)18-13(19)17-10-4-2-9(16)3-5-10/h1-7H,16H2,(H2,17,18,19). The number of halogens is 2. The van der Waals surface area contributed by atoms with Crippen molar-refractivity contribution in [1.82, 2.24) is 0 Å². The maximum absolute atomic E-state index is 11.8. The molecule has 4 nitrogen and oxygen atoms in total. The SMILES string of the molecule is Nc1ccc(NC(=O)Nc2ccc(Cl)cc2Cl)cc1. The van der Waals surface area contributed by atoms with E-state index in [1.54, 1.807) is 42.5 Å². The molecule has 2 aromatic rings. The molecule has 98 valence electrons. The fraction of sp³-hybridized carbons (Fsp3) is 0. The lowest BCUT2D eigenvalue weighted by atomic mass is 10.3. The molecule has 4 N–H and O–H groups in total. The summed E-state index contributed by atoms with van der Waals surface area (Å²) in [5.74, 6) is 0. The molecule has 0 saturated carbocycles. The molecule has 0 heterocycles. The van der Waals surface area contributed by atoms with E-state index in [9.17, 15) is 4.79 Å². The number of nitrogen functional groups attached to an aromatic ring is 1. The highest BCUT2D eigenvalue weighted by Gasteiger charge is 2.06. The van der Waals surface area contributed by atoms with E-state index in [0.29, 0.717) is 27.1 Å². The lowest BCUT2D eigenvalue weighted by molar-refractivity contribution is 0.262. The summed E-state index contributed by atoms with van der Waals surface area (Å²) in [5, 5.41) is 6.17. The van der Waals surface area contributed by atoms with Crippen LogP contribution in [0, 0.1) is 0 Å². The van der Waals surface area contributed by atoms with Gasteiger partial charge in [-0.3, -0.25) is 0 Å². The Morgan fingerprint density at radius 2 is 1.68 bits per heavy atom. The zero-order chi connectivity index (χ0) is 13.8. The van der Waals surface area contributed by atoms with Gasteiger partial charge in [0.2, 0.25) is 0 Å². The van der Waals surface area contributed by atoms with Crippen LogP contribution in [0.5, 0.6) is 0 Å². The Bertz CT molecular complexity index is 599. The van der Waals surface area contributed by atoms with Crippen LogP contribution in [0.4, 0.5) is 21.9 Å². The number of carbonyl (C=O) groups excluding carboxylic acids is 1. The second-order valence-corrected chi connectivity index (χ2v) is 4.67. The lowest BCUT2D eigenvalue weighted by Gasteiger charge is -2.09. The van der Waals surface area contributed by atoms with E-state index in [0.717, 1.165) is 0 Å². The van der Waals surface area contributed by atoms with Crippen LogP contribution in [0.2, 0.25) is 10.0 Å². The number of urea groups is 1. The summed E-state index contributed by atoms with van der Waals surface area (Å²) in [7, 11) is 0. The summed E-state index contributed by atoms with van der Waals surface area (Å²) in [5.41, 5.74) is 7.31. The van der Waals surface area contributed by atoms with Gasteiger partial charge in [-0.15, -0.1) is 0 Å². The third-order valence-electron chi connectivity index (χ3n) is 2.35. The molecule has 0 radical (unpaired) electrons. The molecule has 0 atom stereocenters. The highest BCUT2D eigenvalue weighted by Crippen LogP contribution is 2.25. The third-order valence-corrected chi connectivity index (χ3v) is 2.90. The lowest BCUT2D eigenvalue weighted by Crippen LogP contribution is -2.19. The van der Waals surface area contributed by atoms with E-state index < -0.39 is 6.03 Å². The maximum atomic E-state index is 11.8. The van der Waals surface area contributed by atoms with Crippen LogP contribution in [0.15, 0.2) is 42.5 Å². The number of amides is 2. The fourth-order valence-corrected chi connectivity index (χ4v) is 1.90. The summed E-state index contributed by atoms with van der Waals surface area (Å²) >= 11 is 11.7. The average Bonchev–Trinajstić information content (AvgIpc) is 2.36. The van der Waals surface area contributed by atoms with Crippen molar-refractivity contribution in [3.63, 3.8) is 0 Å². The first kappa shape index (κ1) is 13.5. The van der Waals surface area contributed by atoms with Gasteiger partial charge in [0.1, 0.15) is 0 Å². The van der Waals surface area contributed by atoms with Crippen molar-refractivity contribution < 1.29 is 4.79 Å². The number of carbonyl (C=O) groups is 1. The van der Waals surface area contributed by atoms with Gasteiger partial charge in [0.05, 0.1) is 10.7 Å². The van der Waals surface area contributed by atoms with Crippen LogP contribution in [0.1, 0.15) is 0 Å². The molecule has 6 heteroatoms. The Morgan fingerprint density at radius 3 is 2.32 bits per heavy atom. The summed E-state index contributed by atoms with van der Waals surface area (Å²) < 4.78 is 0. The number of benzene rings is 2. The molecule has 0 spiro atoms. The molecule has 0 bridgehead atoms. The Morgan fingerprint density at radius 1 is 1.00 bits per heavy atom. The minimum atomic E-state index is -0.394. The van der Waals surface area contributed by atoms with Crippen molar-refractivity contribution in [2.75, 3.05) is 16.4 Å². The molecular weight excluding hydrogens is 285 g/mol. The largest absolute Gasteiger partial charge is 0.399 e. The minimum Gasteiger partial charge on any atom is -0.399 e. The van der Waals surface area contributed by atoms with Gasteiger partial charge in [-0.25, -0.2) is 4.79 Å². The molecule has 0 aliphatic rings. The van der Waals surface area contributed by atoms with Gasteiger partial charge in [0.25, 0.3) is 0 Å². The van der Waals surface area contributed by atoms with Crippen LogP contribution in [0.25, 0.3) is 0 Å². The van der Waals surface area contributed by atoms with Gasteiger partial charge in [0, 0.05) is 16.4 Å². The molecule has 0 fully saturated rings. The minimum absolute atomic E-state index is 0.375. The van der Waals surface area contributed by atoms with E-state index in [-0.39, 0.29) is 0 Å². The first-order valence-electron chi connectivity index (χ1n) is 5.43. The highest BCUT2D eigenvalue weighted by atomic mass is 35.5. The highest BCUT2D eigenvalue weighted by molar-refractivity contribution is 6.36. The van der Waals surface area contributed by atoms with Gasteiger partial charge in [-0.05, 0) is 42.5 Å². The Kier molecular flexibility index (Phi) is 4.14. The van der Waals surface area contributed by atoms with E-state index in [2.05, 4.69) is 10.6 Å². The molecule has 2 rings (SSSR count). The Hall–Kier alpha value is -1.91. The molecule has 0 aliphatic carbocycles. The molecule has 0 unspecified atom stereocenters. The molecule has 0 aromatic heterocycles. The molecule has 2 aromatic carbocycles. The third kappa shape index (κ3) is 3.77. The summed E-state index contributed by atoms with van der Waals surface area (Å²) in [6.07, 6.45) is 0. The van der Waals surface area contributed by atoms with Crippen LogP contribution in [-0.2, 0) is 0 Å². The van der Waals surface area contributed by atoms with E-state index in [4.69, 9.17) is 28.9 Å². The second-order valence-electron chi connectivity index (χ2n) is 3.83. The van der Waals surface area contributed by atoms with E-state index in [1.807, 2.05) is 0 Å². The first-order valence-corrected chi connectivity index (χ1v) is 6.19. The Labute approximate surface area is 120 Å².